The molecule has 3 fully saturated rings. The Morgan fingerprint density at radius 1 is 1.06 bits per heavy atom. The second kappa shape index (κ2) is 7.64. The highest BCUT2D eigenvalue weighted by atomic mass is 19.4. The van der Waals surface area contributed by atoms with Gasteiger partial charge in [-0.3, -0.25) is 4.79 Å². The summed E-state index contributed by atoms with van der Waals surface area (Å²) in [6, 6.07) is 7.31. The molecule has 2 atom stereocenters. The lowest BCUT2D eigenvalue weighted by Gasteiger charge is -2.44. The fourth-order valence-corrected chi connectivity index (χ4v) is 5.84. The van der Waals surface area contributed by atoms with Gasteiger partial charge in [0.2, 0.25) is 5.88 Å². The van der Waals surface area contributed by atoms with E-state index in [-0.39, 0.29) is 29.3 Å². The molecule has 0 radical (unpaired) electrons. The van der Waals surface area contributed by atoms with E-state index in [1.807, 2.05) is 13.0 Å². The minimum absolute atomic E-state index is 0.0152. The van der Waals surface area contributed by atoms with Crippen molar-refractivity contribution < 1.29 is 27.8 Å². The van der Waals surface area contributed by atoms with Gasteiger partial charge in [-0.25, -0.2) is 4.98 Å². The number of ketones is 1. The topological polar surface area (TPSA) is 59.4 Å². The molecular weight excluding hydrogens is 419 g/mol. The molecule has 1 aromatic carbocycles. The van der Waals surface area contributed by atoms with Gasteiger partial charge in [0.05, 0.1) is 11.1 Å². The molecule has 1 N–H and O–H groups in total. The van der Waals surface area contributed by atoms with Crippen molar-refractivity contribution in [2.45, 2.75) is 45.2 Å². The van der Waals surface area contributed by atoms with E-state index in [2.05, 4.69) is 4.98 Å². The first-order chi connectivity index (χ1) is 15.3. The van der Waals surface area contributed by atoms with Crippen LogP contribution in [-0.4, -0.2) is 15.9 Å². The first-order valence-electron chi connectivity index (χ1n) is 11.1. The predicted octanol–water partition coefficient (Wildman–Crippen LogP) is 6.36. The second-order valence-corrected chi connectivity index (χ2v) is 9.01. The maximum absolute atomic E-state index is 13.4. The highest BCUT2D eigenvalue weighted by Gasteiger charge is 2.54. The van der Waals surface area contributed by atoms with Crippen molar-refractivity contribution >= 4 is 11.4 Å². The largest absolute Gasteiger partial charge is 0.511 e. The second-order valence-electron chi connectivity index (χ2n) is 9.01. The molecule has 2 unspecified atom stereocenters. The number of benzene rings is 1. The van der Waals surface area contributed by atoms with Crippen molar-refractivity contribution in [1.82, 2.24) is 4.98 Å². The van der Waals surface area contributed by atoms with Crippen LogP contribution in [0.2, 0.25) is 0 Å². The third-order valence-corrected chi connectivity index (χ3v) is 7.36. The SMILES string of the molecule is CCc1ccc(Oc2ccc(C(F)(F)F)cn2)cc1C1=C(O)C2C3CCC(CC3)C2C1=O. The number of hydrogen-bond acceptors (Lipinski definition) is 4. The molecule has 0 saturated heterocycles. The quantitative estimate of drug-likeness (QED) is 0.597. The Hall–Kier alpha value is -2.83. The molecule has 2 aromatic rings. The normalized spacial score (nSPS) is 27.1. The number of allylic oxidation sites excluding steroid dienone is 2. The lowest BCUT2D eigenvalue weighted by Crippen LogP contribution is -2.41. The number of fused-ring (bicyclic) bond motifs is 2. The van der Waals surface area contributed by atoms with Crippen molar-refractivity contribution in [2.24, 2.45) is 23.7 Å². The summed E-state index contributed by atoms with van der Waals surface area (Å²) in [7, 11) is 0. The Morgan fingerprint density at radius 3 is 2.31 bits per heavy atom. The van der Waals surface area contributed by atoms with E-state index in [0.717, 1.165) is 43.5 Å². The highest BCUT2D eigenvalue weighted by molar-refractivity contribution is 6.25. The molecule has 2 bridgehead atoms. The van der Waals surface area contributed by atoms with Crippen molar-refractivity contribution in [2.75, 3.05) is 0 Å². The van der Waals surface area contributed by atoms with Crippen LogP contribution in [0, 0.1) is 23.7 Å². The number of halogens is 3. The molecule has 3 saturated carbocycles. The van der Waals surface area contributed by atoms with E-state index in [4.69, 9.17) is 4.74 Å². The number of pyridine rings is 1. The number of aliphatic hydroxyl groups is 1. The lowest BCUT2D eigenvalue weighted by molar-refractivity contribution is -0.137. The van der Waals surface area contributed by atoms with Gasteiger partial charge in [0.1, 0.15) is 11.5 Å². The number of aryl methyl sites for hydroxylation is 1. The predicted molar refractivity (Wildman–Crippen MR) is 112 cm³/mol. The Balaban J connectivity index is 1.48. The maximum Gasteiger partial charge on any atom is 0.417 e. The molecule has 0 spiro atoms. The zero-order valence-electron chi connectivity index (χ0n) is 17.7. The molecule has 168 valence electrons. The number of ether oxygens (including phenoxy) is 1. The van der Waals surface area contributed by atoms with E-state index >= 15 is 0 Å². The standard InChI is InChI=1S/C25H24F3NO3/c1-2-13-7-9-17(32-19-10-8-16(12-29-19)25(26,27)28)11-18(13)22-23(30)20-14-3-4-15(6-5-14)21(20)24(22)31/h7-12,14-15,20-21,30H,2-6H2,1H3. The van der Waals surface area contributed by atoms with Crippen LogP contribution in [0.15, 0.2) is 42.3 Å². The molecule has 0 amide bonds. The van der Waals surface area contributed by atoms with Crippen LogP contribution in [0.5, 0.6) is 11.6 Å². The minimum atomic E-state index is -4.47. The van der Waals surface area contributed by atoms with Gasteiger partial charge >= 0.3 is 6.18 Å². The summed E-state index contributed by atoms with van der Waals surface area (Å²) < 4.78 is 44.0. The molecule has 7 heteroatoms. The molecule has 1 aromatic heterocycles. The van der Waals surface area contributed by atoms with Crippen LogP contribution < -0.4 is 4.74 Å². The van der Waals surface area contributed by atoms with E-state index < -0.39 is 11.7 Å². The van der Waals surface area contributed by atoms with Gasteiger partial charge in [0, 0.05) is 24.1 Å². The average Bonchev–Trinajstić information content (AvgIpc) is 3.06. The van der Waals surface area contributed by atoms with Gasteiger partial charge in [0.25, 0.3) is 0 Å². The number of rotatable bonds is 4. The van der Waals surface area contributed by atoms with Crippen molar-refractivity contribution in [3.05, 3.63) is 59.0 Å². The zero-order chi connectivity index (χ0) is 22.6. The number of Topliss-reactive ketones (excluding diaryl/α,β-unsaturated/α-hetero) is 1. The summed E-state index contributed by atoms with van der Waals surface area (Å²) in [5, 5.41) is 11.1. The van der Waals surface area contributed by atoms with Gasteiger partial charge in [0.15, 0.2) is 5.78 Å². The summed E-state index contributed by atoms with van der Waals surface area (Å²) in [6.45, 7) is 1.98. The van der Waals surface area contributed by atoms with Crippen LogP contribution in [0.3, 0.4) is 0 Å². The molecule has 4 aliphatic rings. The number of nitrogens with zero attached hydrogens (tertiary/aromatic N) is 1. The van der Waals surface area contributed by atoms with Gasteiger partial charge < -0.3 is 9.84 Å². The third-order valence-electron chi connectivity index (χ3n) is 7.36. The van der Waals surface area contributed by atoms with Gasteiger partial charge in [-0.1, -0.05) is 13.0 Å². The molecule has 32 heavy (non-hydrogen) atoms. The van der Waals surface area contributed by atoms with E-state index in [9.17, 15) is 23.1 Å². The lowest BCUT2D eigenvalue weighted by atomic mass is 9.59. The van der Waals surface area contributed by atoms with Crippen LogP contribution in [0.4, 0.5) is 13.2 Å². The first-order valence-corrected chi connectivity index (χ1v) is 11.1. The molecule has 6 rings (SSSR count). The van der Waals surface area contributed by atoms with Crippen LogP contribution in [-0.2, 0) is 17.4 Å². The molecule has 1 heterocycles. The zero-order valence-corrected chi connectivity index (χ0v) is 17.7. The molecule has 4 aliphatic carbocycles. The van der Waals surface area contributed by atoms with E-state index in [1.54, 1.807) is 12.1 Å². The minimum Gasteiger partial charge on any atom is -0.511 e. The molecule has 4 nitrogen and oxygen atoms in total. The fraction of sp³-hybridized carbons (Fsp3) is 0.440. The van der Waals surface area contributed by atoms with Crippen molar-refractivity contribution in [1.29, 1.82) is 0 Å². The number of carbonyl (C=O) groups excluding carboxylic acids is 1. The van der Waals surface area contributed by atoms with Crippen LogP contribution >= 0.6 is 0 Å². The highest BCUT2D eigenvalue weighted by Crippen LogP contribution is 2.57. The van der Waals surface area contributed by atoms with Crippen molar-refractivity contribution in [3.8, 4) is 11.6 Å². The van der Waals surface area contributed by atoms with Gasteiger partial charge in [-0.05, 0) is 73.3 Å². The number of hydrogen-bond donors (Lipinski definition) is 1. The van der Waals surface area contributed by atoms with Gasteiger partial charge in [-0.15, -0.1) is 0 Å². The summed E-state index contributed by atoms with van der Waals surface area (Å²) in [6.07, 6.45) is 1.12. The Labute approximate surface area is 184 Å². The first kappa shape index (κ1) is 21.0. The van der Waals surface area contributed by atoms with E-state index in [0.29, 0.717) is 35.1 Å². The molecule has 0 aliphatic heterocycles. The third kappa shape index (κ3) is 3.38. The number of alkyl halides is 3. The van der Waals surface area contributed by atoms with Crippen LogP contribution in [0.1, 0.15) is 49.3 Å². The smallest absolute Gasteiger partial charge is 0.417 e. The van der Waals surface area contributed by atoms with Gasteiger partial charge in [-0.2, -0.15) is 13.2 Å². The summed E-state index contributed by atoms with van der Waals surface area (Å²) in [5.74, 6) is 1.06. The monoisotopic (exact) mass is 443 g/mol. The summed E-state index contributed by atoms with van der Waals surface area (Å²) in [5.41, 5.74) is 1.10. The average molecular weight is 443 g/mol. The number of aliphatic hydroxyl groups excluding tert-OH is 1. The number of aromatic nitrogens is 1. The fourth-order valence-electron chi connectivity index (χ4n) is 5.84. The Morgan fingerprint density at radius 2 is 1.75 bits per heavy atom. The van der Waals surface area contributed by atoms with Crippen LogP contribution in [0.25, 0.3) is 5.57 Å². The Bertz CT molecular complexity index is 1080. The van der Waals surface area contributed by atoms with E-state index in [1.165, 1.54) is 6.07 Å². The number of carbonyl (C=O) groups is 1. The maximum atomic E-state index is 13.4. The van der Waals surface area contributed by atoms with Crippen molar-refractivity contribution in [3.63, 3.8) is 0 Å². The summed E-state index contributed by atoms with van der Waals surface area (Å²) >= 11 is 0. The molecular formula is C25H24F3NO3. The Kier molecular flexibility index (Phi) is 5.02. The summed E-state index contributed by atoms with van der Waals surface area (Å²) in [4.78, 5) is 17.2.